The second kappa shape index (κ2) is 14.8. The number of benzene rings is 2. The van der Waals surface area contributed by atoms with Crippen LogP contribution in [0.1, 0.15) is 6.92 Å². The van der Waals surface area contributed by atoms with Gasteiger partial charge in [0.15, 0.2) is 24.1 Å². The first-order valence-electron chi connectivity index (χ1n) is 15.8. The number of rotatable bonds is 9. The summed E-state index contributed by atoms with van der Waals surface area (Å²) >= 11 is 0. The van der Waals surface area contributed by atoms with E-state index < -0.39 is 116 Å². The van der Waals surface area contributed by atoms with Crippen molar-refractivity contribution in [1.82, 2.24) is 0 Å². The highest BCUT2D eigenvalue weighted by molar-refractivity contribution is 5.88. The number of fused-ring (bicyclic) bond motifs is 1. The van der Waals surface area contributed by atoms with Gasteiger partial charge in [-0.1, -0.05) is 0 Å². The van der Waals surface area contributed by atoms with Crippen molar-refractivity contribution in [2.75, 3.05) is 13.2 Å². The van der Waals surface area contributed by atoms with Crippen molar-refractivity contribution in [2.24, 2.45) is 0 Å². The minimum absolute atomic E-state index is 0.0248. The second-order valence-corrected chi connectivity index (χ2v) is 12.5. The third-order valence-corrected chi connectivity index (χ3v) is 8.96. The molecule has 0 bridgehead atoms. The van der Waals surface area contributed by atoms with E-state index in [1.54, 1.807) is 0 Å². The van der Waals surface area contributed by atoms with E-state index in [0.717, 1.165) is 18.2 Å². The number of aliphatic hydroxyl groups is 8. The fraction of sp³-hybridized carbons (Fsp3) is 0.531. The largest absolute Gasteiger partial charge is 0.507 e. The summed E-state index contributed by atoms with van der Waals surface area (Å²) in [5.41, 5.74) is 0.107. The molecule has 0 aliphatic carbocycles. The lowest BCUT2D eigenvalue weighted by molar-refractivity contribution is -0.335. The van der Waals surface area contributed by atoms with Crippen LogP contribution < -0.4 is 4.74 Å². The molecule has 3 fully saturated rings. The van der Waals surface area contributed by atoms with Crippen LogP contribution >= 0.6 is 0 Å². The lowest BCUT2D eigenvalue weighted by atomic mass is 9.98. The predicted molar refractivity (Wildman–Crippen MR) is 165 cm³/mol. The fourth-order valence-electron chi connectivity index (χ4n) is 6.07. The molecule has 19 nitrogen and oxygen atoms in total. The molecule has 0 saturated carbocycles. The van der Waals surface area contributed by atoms with E-state index in [4.69, 9.17) is 32.8 Å². The summed E-state index contributed by atoms with van der Waals surface area (Å²) in [5, 5.41) is 124. The normalized spacial score (nSPS) is 37.1. The lowest BCUT2D eigenvalue weighted by Crippen LogP contribution is -2.62. The first-order valence-corrected chi connectivity index (χ1v) is 15.8. The van der Waals surface area contributed by atoms with Crippen molar-refractivity contribution >= 4 is 11.0 Å². The highest BCUT2D eigenvalue weighted by atomic mass is 16.8. The van der Waals surface area contributed by atoms with Crippen LogP contribution in [0.5, 0.6) is 28.7 Å². The molecule has 3 saturated heterocycles. The molecular formula is C32H39O19+. The Balaban J connectivity index is 1.18. The Morgan fingerprint density at radius 1 is 0.667 bits per heavy atom. The number of aromatic hydroxyl groups is 4. The molecular weight excluding hydrogens is 688 g/mol. The number of hydrogen-bond acceptors (Lipinski definition) is 18. The molecule has 0 radical (unpaired) electrons. The Labute approximate surface area is 287 Å². The van der Waals surface area contributed by atoms with E-state index >= 15 is 0 Å². The minimum atomic E-state index is -1.88. The van der Waals surface area contributed by atoms with Crippen molar-refractivity contribution in [2.45, 2.75) is 92.9 Å². The maximum absolute atomic E-state index is 10.8. The summed E-state index contributed by atoms with van der Waals surface area (Å²) in [6.07, 6.45) is -21.7. The maximum Gasteiger partial charge on any atom is 0.402 e. The van der Waals surface area contributed by atoms with Gasteiger partial charge in [0.1, 0.15) is 77.9 Å². The lowest BCUT2D eigenvalue weighted by Gasteiger charge is -2.43. The number of hydrogen-bond donors (Lipinski definition) is 12. The molecule has 0 unspecified atom stereocenters. The van der Waals surface area contributed by atoms with Crippen LogP contribution in [0, 0.1) is 0 Å². The van der Waals surface area contributed by atoms with E-state index in [9.17, 15) is 61.3 Å². The fourth-order valence-corrected chi connectivity index (χ4v) is 6.07. The molecule has 6 rings (SSSR count). The molecule has 1 aromatic heterocycles. The summed E-state index contributed by atoms with van der Waals surface area (Å²) < 4.78 is 39.7. The van der Waals surface area contributed by atoms with Crippen LogP contribution in [0.15, 0.2) is 40.8 Å². The Morgan fingerprint density at radius 3 is 2.02 bits per heavy atom. The van der Waals surface area contributed by atoms with Gasteiger partial charge in [-0.15, -0.1) is 0 Å². The van der Waals surface area contributed by atoms with Gasteiger partial charge in [0.2, 0.25) is 12.0 Å². The first-order chi connectivity index (χ1) is 24.2. The Bertz CT molecular complexity index is 1690. The summed E-state index contributed by atoms with van der Waals surface area (Å²) in [6, 6.07) is 7.12. The number of phenolic OH excluding ortho intramolecular Hbond substituents is 4. The molecule has 280 valence electrons. The van der Waals surface area contributed by atoms with Crippen LogP contribution in [-0.4, -0.2) is 161 Å². The Kier molecular flexibility index (Phi) is 10.7. The average Bonchev–Trinajstić information content (AvgIpc) is 3.37. The van der Waals surface area contributed by atoms with Gasteiger partial charge in [0.05, 0.1) is 30.9 Å². The van der Waals surface area contributed by atoms with Gasteiger partial charge in [-0.2, -0.15) is 0 Å². The summed E-state index contributed by atoms with van der Waals surface area (Å²) in [7, 11) is 0. The van der Waals surface area contributed by atoms with Crippen molar-refractivity contribution < 1.29 is 94.1 Å². The smallest absolute Gasteiger partial charge is 0.402 e. The molecule has 3 aliphatic rings. The molecule has 4 heterocycles. The van der Waals surface area contributed by atoms with Crippen LogP contribution in [-0.2, 0) is 23.7 Å². The zero-order valence-corrected chi connectivity index (χ0v) is 26.7. The third kappa shape index (κ3) is 7.22. The van der Waals surface area contributed by atoms with Gasteiger partial charge in [-0.3, -0.25) is 0 Å². The molecule has 51 heavy (non-hydrogen) atoms. The van der Waals surface area contributed by atoms with Gasteiger partial charge in [-0.05, 0) is 19.1 Å². The zero-order valence-electron chi connectivity index (χ0n) is 26.7. The van der Waals surface area contributed by atoms with Crippen LogP contribution in [0.4, 0.5) is 0 Å². The van der Waals surface area contributed by atoms with Crippen molar-refractivity contribution in [3.63, 3.8) is 0 Å². The Hall–Kier alpha value is -3.67. The number of ether oxygens (including phenoxy) is 6. The predicted octanol–water partition coefficient (Wildman–Crippen LogP) is -2.30. The van der Waals surface area contributed by atoms with Gasteiger partial charge >= 0.3 is 11.3 Å². The van der Waals surface area contributed by atoms with Crippen LogP contribution in [0.2, 0.25) is 0 Å². The topological polar surface area (TPSA) is 309 Å². The minimum Gasteiger partial charge on any atom is -0.507 e. The van der Waals surface area contributed by atoms with Gasteiger partial charge in [0.25, 0.3) is 0 Å². The number of phenols is 4. The van der Waals surface area contributed by atoms with Crippen molar-refractivity contribution in [3.8, 4) is 40.1 Å². The van der Waals surface area contributed by atoms with E-state index in [0.29, 0.717) is 0 Å². The molecule has 12 N–H and O–H groups in total. The molecule has 14 atom stereocenters. The maximum atomic E-state index is 10.8. The second-order valence-electron chi connectivity index (χ2n) is 12.5. The Morgan fingerprint density at radius 2 is 1.33 bits per heavy atom. The van der Waals surface area contributed by atoms with E-state index in [2.05, 4.69) is 0 Å². The van der Waals surface area contributed by atoms with Gasteiger partial charge in [0, 0.05) is 18.2 Å². The third-order valence-electron chi connectivity index (χ3n) is 8.96. The first kappa shape index (κ1) is 37.1. The van der Waals surface area contributed by atoms with Crippen LogP contribution in [0.3, 0.4) is 0 Å². The van der Waals surface area contributed by atoms with Gasteiger partial charge in [-0.25, -0.2) is 4.42 Å². The van der Waals surface area contributed by atoms with Crippen LogP contribution in [0.25, 0.3) is 22.3 Å². The van der Waals surface area contributed by atoms with E-state index in [1.807, 2.05) is 0 Å². The zero-order chi connectivity index (χ0) is 36.9. The van der Waals surface area contributed by atoms with Crippen molar-refractivity contribution in [3.05, 3.63) is 36.4 Å². The quantitative estimate of drug-likeness (QED) is 0.0814. The molecule has 3 aliphatic heterocycles. The van der Waals surface area contributed by atoms with E-state index in [-0.39, 0.29) is 33.8 Å². The SMILES string of the molecule is C[C@@H]1O[C@@H](OC[C@H]2O[C@@H](Oc3cc4c(O)cc(O)cc4[o+]c3-c3ccc(O)c(O)c3)[C@H](O)[C@@H](O)[C@@H]2O)[C@H](O)[C@H](O)[C@H]1O[C@@H]1O[C@H](CO)[C@H](O)[C@H]1O. The standard InChI is InChI=1S/C32H38O19/c1-10-28(51-32-25(42)21(38)19(8-33)49-32)24(41)27(44)30(46-10)45-9-20-22(39)23(40)26(43)31(50-20)48-18-7-13-15(36)5-12(34)6-17(13)47-29(18)11-2-3-14(35)16(37)4-11/h2-7,10,19-28,30-33,38-44H,8-9H2,1H3,(H3-,34,35,36,37)/p+1/t10-,19+,20+,21-,22+,23-,24-,25+,26+,27+,28-,30+,31+,32-/m0/s1. The summed E-state index contributed by atoms with van der Waals surface area (Å²) in [5.74, 6) is -2.08. The molecule has 0 spiro atoms. The molecule has 0 amide bonds. The van der Waals surface area contributed by atoms with E-state index in [1.165, 1.54) is 25.1 Å². The highest BCUT2D eigenvalue weighted by Crippen LogP contribution is 2.42. The van der Waals surface area contributed by atoms with Crippen molar-refractivity contribution in [1.29, 1.82) is 0 Å². The summed E-state index contributed by atoms with van der Waals surface area (Å²) in [4.78, 5) is 0. The highest BCUT2D eigenvalue weighted by Gasteiger charge is 2.51. The molecule has 19 heteroatoms. The average molecular weight is 728 g/mol. The monoisotopic (exact) mass is 727 g/mol. The number of aliphatic hydroxyl groups excluding tert-OH is 8. The molecule has 2 aromatic carbocycles. The summed E-state index contributed by atoms with van der Waals surface area (Å²) in [6.45, 7) is 0.235. The van der Waals surface area contributed by atoms with Gasteiger partial charge < -0.3 is 89.7 Å². The molecule has 3 aromatic rings.